The number of nitrogens with two attached hydrogens (primary N) is 1. The van der Waals surface area contributed by atoms with Crippen LogP contribution in [0.15, 0.2) is 24.3 Å². The molecule has 1 saturated heterocycles. The van der Waals surface area contributed by atoms with Crippen molar-refractivity contribution in [2.24, 2.45) is 5.73 Å². The molecule has 3 nitrogen and oxygen atoms in total. The van der Waals surface area contributed by atoms with E-state index in [2.05, 4.69) is 55.1 Å². The van der Waals surface area contributed by atoms with Gasteiger partial charge in [0, 0.05) is 31.7 Å². The van der Waals surface area contributed by atoms with Crippen LogP contribution < -0.4 is 5.73 Å². The molecule has 1 aromatic rings. The lowest BCUT2D eigenvalue weighted by Gasteiger charge is -2.40. The van der Waals surface area contributed by atoms with Crippen molar-refractivity contribution in [1.82, 2.24) is 9.80 Å². The Bertz CT molecular complexity index is 387. The average molecular weight is 261 g/mol. The van der Waals surface area contributed by atoms with Gasteiger partial charge in [-0.3, -0.25) is 4.90 Å². The Morgan fingerprint density at radius 1 is 1.16 bits per heavy atom. The fourth-order valence-corrected chi connectivity index (χ4v) is 2.83. The maximum Gasteiger partial charge on any atom is 0.0375 e. The molecule has 1 aliphatic heterocycles. The Morgan fingerprint density at radius 3 is 2.42 bits per heavy atom. The van der Waals surface area contributed by atoms with Crippen LogP contribution in [0.2, 0.25) is 0 Å². The smallest absolute Gasteiger partial charge is 0.0375 e. The zero-order valence-electron chi connectivity index (χ0n) is 12.5. The van der Waals surface area contributed by atoms with Crippen LogP contribution in [-0.4, -0.2) is 55.6 Å². The normalized spacial score (nSPS) is 23.5. The van der Waals surface area contributed by atoms with Crippen LogP contribution >= 0.6 is 0 Å². The summed E-state index contributed by atoms with van der Waals surface area (Å²) in [6.07, 6.45) is 2.06. The van der Waals surface area contributed by atoms with E-state index in [1.54, 1.807) is 0 Å². The van der Waals surface area contributed by atoms with Crippen LogP contribution in [0.1, 0.15) is 18.1 Å². The maximum atomic E-state index is 6.44. The predicted molar refractivity (Wildman–Crippen MR) is 81.4 cm³/mol. The monoisotopic (exact) mass is 261 g/mol. The van der Waals surface area contributed by atoms with Gasteiger partial charge in [-0.25, -0.2) is 0 Å². The van der Waals surface area contributed by atoms with Crippen molar-refractivity contribution in [2.45, 2.75) is 31.8 Å². The molecule has 2 N–H and O–H groups in total. The van der Waals surface area contributed by atoms with Gasteiger partial charge in [-0.05, 0) is 38.1 Å². The average Bonchev–Trinajstić information content (AvgIpc) is 2.42. The van der Waals surface area contributed by atoms with E-state index in [0.717, 1.165) is 32.5 Å². The third-order valence-corrected chi connectivity index (χ3v) is 4.30. The first-order valence-electron chi connectivity index (χ1n) is 7.32. The number of benzene rings is 1. The standard InChI is InChI=1S/C16H27N3/c1-4-13-5-7-14(8-6-13)11-15(17)16-12-18(2)9-10-19(16)3/h5-8,15-16H,4,9-12,17H2,1-3H3. The minimum Gasteiger partial charge on any atom is -0.326 e. The van der Waals surface area contributed by atoms with Gasteiger partial charge < -0.3 is 10.6 Å². The summed E-state index contributed by atoms with van der Waals surface area (Å²) >= 11 is 0. The second-order valence-electron chi connectivity index (χ2n) is 5.85. The maximum absolute atomic E-state index is 6.44. The van der Waals surface area contributed by atoms with Crippen LogP contribution in [0, 0.1) is 0 Å². The summed E-state index contributed by atoms with van der Waals surface area (Å²) in [5.74, 6) is 0. The molecule has 1 heterocycles. The van der Waals surface area contributed by atoms with Gasteiger partial charge >= 0.3 is 0 Å². The summed E-state index contributed by atoms with van der Waals surface area (Å²) in [7, 11) is 4.38. The number of nitrogens with zero attached hydrogens (tertiary/aromatic N) is 2. The largest absolute Gasteiger partial charge is 0.326 e. The minimum absolute atomic E-state index is 0.209. The van der Waals surface area contributed by atoms with Gasteiger partial charge in [0.15, 0.2) is 0 Å². The number of aryl methyl sites for hydroxylation is 1. The van der Waals surface area contributed by atoms with Crippen LogP contribution in [0.5, 0.6) is 0 Å². The second kappa shape index (κ2) is 6.51. The lowest BCUT2D eigenvalue weighted by molar-refractivity contribution is 0.0973. The molecule has 1 aliphatic rings. The van der Waals surface area contributed by atoms with Gasteiger partial charge in [-0.1, -0.05) is 31.2 Å². The molecule has 1 fully saturated rings. The van der Waals surface area contributed by atoms with E-state index in [9.17, 15) is 0 Å². The van der Waals surface area contributed by atoms with Crippen molar-refractivity contribution in [3.05, 3.63) is 35.4 Å². The number of rotatable bonds is 4. The molecule has 1 aromatic carbocycles. The Hall–Kier alpha value is -0.900. The van der Waals surface area contributed by atoms with E-state index >= 15 is 0 Å². The highest BCUT2D eigenvalue weighted by Gasteiger charge is 2.27. The van der Waals surface area contributed by atoms with E-state index in [0.29, 0.717) is 6.04 Å². The first kappa shape index (κ1) is 14.5. The lowest BCUT2D eigenvalue weighted by atomic mass is 9.96. The summed E-state index contributed by atoms with van der Waals surface area (Å²) in [6.45, 7) is 5.52. The van der Waals surface area contributed by atoms with E-state index in [1.807, 2.05) is 0 Å². The topological polar surface area (TPSA) is 32.5 Å². The van der Waals surface area contributed by atoms with E-state index in [4.69, 9.17) is 5.73 Å². The fourth-order valence-electron chi connectivity index (χ4n) is 2.83. The Kier molecular flexibility index (Phi) is 4.97. The van der Waals surface area contributed by atoms with Crippen molar-refractivity contribution < 1.29 is 0 Å². The van der Waals surface area contributed by atoms with Crippen LogP contribution in [0.25, 0.3) is 0 Å². The third kappa shape index (κ3) is 3.78. The van der Waals surface area contributed by atoms with Crippen molar-refractivity contribution in [2.75, 3.05) is 33.7 Å². The molecular formula is C16H27N3. The van der Waals surface area contributed by atoms with Gasteiger partial charge in [0.25, 0.3) is 0 Å². The quantitative estimate of drug-likeness (QED) is 0.888. The van der Waals surface area contributed by atoms with Crippen molar-refractivity contribution in [3.63, 3.8) is 0 Å². The van der Waals surface area contributed by atoms with Gasteiger partial charge in [0.1, 0.15) is 0 Å². The molecule has 2 rings (SSSR count). The number of likely N-dealkylation sites (N-methyl/N-ethyl adjacent to an activating group) is 2. The first-order chi connectivity index (χ1) is 9.10. The Labute approximate surface area is 117 Å². The molecule has 2 unspecified atom stereocenters. The molecule has 0 radical (unpaired) electrons. The number of hydrogen-bond acceptors (Lipinski definition) is 3. The molecule has 0 spiro atoms. The van der Waals surface area contributed by atoms with Crippen molar-refractivity contribution in [3.8, 4) is 0 Å². The summed E-state index contributed by atoms with van der Waals surface area (Å²) in [5.41, 5.74) is 9.18. The number of hydrogen-bond donors (Lipinski definition) is 1. The Morgan fingerprint density at radius 2 is 1.79 bits per heavy atom. The molecule has 0 aliphatic carbocycles. The zero-order chi connectivity index (χ0) is 13.8. The van der Waals surface area contributed by atoms with Gasteiger partial charge in [-0.15, -0.1) is 0 Å². The molecule has 106 valence electrons. The highest BCUT2D eigenvalue weighted by Crippen LogP contribution is 2.13. The molecule has 0 amide bonds. The van der Waals surface area contributed by atoms with Crippen LogP contribution in [-0.2, 0) is 12.8 Å². The fraction of sp³-hybridized carbons (Fsp3) is 0.625. The van der Waals surface area contributed by atoms with Gasteiger partial charge in [-0.2, -0.15) is 0 Å². The summed E-state index contributed by atoms with van der Waals surface area (Å²) in [4.78, 5) is 4.79. The SMILES string of the molecule is CCc1ccc(CC(N)C2CN(C)CCN2C)cc1. The van der Waals surface area contributed by atoms with E-state index in [-0.39, 0.29) is 6.04 Å². The molecule has 0 aromatic heterocycles. The molecular weight excluding hydrogens is 234 g/mol. The van der Waals surface area contributed by atoms with Crippen molar-refractivity contribution in [1.29, 1.82) is 0 Å². The molecule has 0 saturated carbocycles. The highest BCUT2D eigenvalue weighted by atomic mass is 15.3. The van der Waals surface area contributed by atoms with Gasteiger partial charge in [0.05, 0.1) is 0 Å². The van der Waals surface area contributed by atoms with E-state index in [1.165, 1.54) is 11.1 Å². The highest BCUT2D eigenvalue weighted by molar-refractivity contribution is 5.23. The summed E-state index contributed by atoms with van der Waals surface area (Å²) in [5, 5.41) is 0. The molecule has 2 atom stereocenters. The predicted octanol–water partition coefficient (Wildman–Crippen LogP) is 1.36. The molecule has 0 bridgehead atoms. The third-order valence-electron chi connectivity index (χ3n) is 4.30. The summed E-state index contributed by atoms with van der Waals surface area (Å²) < 4.78 is 0. The van der Waals surface area contributed by atoms with Gasteiger partial charge in [0.2, 0.25) is 0 Å². The second-order valence-corrected chi connectivity index (χ2v) is 5.85. The van der Waals surface area contributed by atoms with Crippen LogP contribution in [0.3, 0.4) is 0 Å². The summed E-state index contributed by atoms with van der Waals surface area (Å²) in [6, 6.07) is 9.57. The van der Waals surface area contributed by atoms with E-state index < -0.39 is 0 Å². The lowest BCUT2D eigenvalue weighted by Crippen LogP contribution is -2.58. The van der Waals surface area contributed by atoms with Crippen LogP contribution in [0.4, 0.5) is 0 Å². The molecule has 19 heavy (non-hydrogen) atoms. The minimum atomic E-state index is 0.209. The zero-order valence-corrected chi connectivity index (χ0v) is 12.5. The molecule has 3 heteroatoms. The number of piperazine rings is 1. The Balaban J connectivity index is 1.96. The van der Waals surface area contributed by atoms with Crippen molar-refractivity contribution >= 4 is 0 Å². The first-order valence-corrected chi connectivity index (χ1v) is 7.32.